The van der Waals surface area contributed by atoms with Crippen LogP contribution in [0.5, 0.6) is 0 Å². The molecule has 0 heterocycles. The number of nitrogens with zero attached hydrogens (tertiary/aromatic N) is 1. The molecule has 1 aliphatic rings. The molecule has 0 bridgehead atoms. The lowest BCUT2D eigenvalue weighted by Crippen LogP contribution is -2.39. The van der Waals surface area contributed by atoms with Gasteiger partial charge in [0.2, 0.25) is 10.0 Å². The summed E-state index contributed by atoms with van der Waals surface area (Å²) in [7, 11) is -1.46. The number of sulfonamides is 1. The van der Waals surface area contributed by atoms with Crippen LogP contribution in [-0.2, 0) is 10.0 Å². The molecule has 0 saturated heterocycles. The maximum absolute atomic E-state index is 11.2. The first-order chi connectivity index (χ1) is 5.91. The zero-order valence-electron chi connectivity index (χ0n) is 8.10. The molecule has 0 aromatic carbocycles. The minimum absolute atomic E-state index is 0.0819. The highest BCUT2D eigenvalue weighted by Crippen LogP contribution is 2.23. The fourth-order valence-corrected chi connectivity index (χ4v) is 2.45. The van der Waals surface area contributed by atoms with Crippen LogP contribution in [0.4, 0.5) is 0 Å². The van der Waals surface area contributed by atoms with Gasteiger partial charge in [-0.15, -0.1) is 0 Å². The van der Waals surface area contributed by atoms with E-state index in [4.69, 9.17) is 0 Å². The van der Waals surface area contributed by atoms with Gasteiger partial charge in [0.05, 0.1) is 12.4 Å². The van der Waals surface area contributed by atoms with Gasteiger partial charge in [-0.1, -0.05) is 0 Å². The van der Waals surface area contributed by atoms with Gasteiger partial charge in [-0.05, 0) is 25.7 Å². The highest BCUT2D eigenvalue weighted by Gasteiger charge is 2.26. The second kappa shape index (κ2) is 3.94. The Labute approximate surface area is 79.6 Å². The predicted octanol–water partition coefficient (Wildman–Crippen LogP) is 0.181. The van der Waals surface area contributed by atoms with E-state index < -0.39 is 10.0 Å². The Morgan fingerprint density at radius 1 is 1.23 bits per heavy atom. The van der Waals surface area contributed by atoms with Crippen LogP contribution in [0.15, 0.2) is 0 Å². The van der Waals surface area contributed by atoms with E-state index in [1.54, 1.807) is 7.05 Å². The number of hydrogen-bond donors (Lipinski definition) is 1. The third kappa shape index (κ3) is 2.93. The Bertz CT molecular complexity index is 255. The molecule has 0 aliphatic heterocycles. The van der Waals surface area contributed by atoms with Gasteiger partial charge in [-0.25, -0.2) is 12.7 Å². The lowest BCUT2D eigenvalue weighted by molar-refractivity contribution is 0.104. The van der Waals surface area contributed by atoms with Crippen LogP contribution in [0.25, 0.3) is 0 Å². The summed E-state index contributed by atoms with van der Waals surface area (Å²) < 4.78 is 23.8. The maximum Gasteiger partial charge on any atom is 0.211 e. The lowest BCUT2D eigenvalue weighted by Gasteiger charge is -2.31. The summed E-state index contributed by atoms with van der Waals surface area (Å²) in [6.45, 7) is 0. The molecule has 0 aromatic heterocycles. The van der Waals surface area contributed by atoms with Crippen molar-refractivity contribution in [3.05, 3.63) is 0 Å². The average Bonchev–Trinajstić information content (AvgIpc) is 2.03. The minimum Gasteiger partial charge on any atom is -0.393 e. The molecule has 1 aliphatic carbocycles. The first-order valence-corrected chi connectivity index (χ1v) is 6.37. The molecule has 1 saturated carbocycles. The van der Waals surface area contributed by atoms with Crippen molar-refractivity contribution in [3.63, 3.8) is 0 Å². The third-order valence-corrected chi connectivity index (χ3v) is 4.05. The molecule has 13 heavy (non-hydrogen) atoms. The molecule has 0 spiro atoms. The molecule has 0 aromatic rings. The van der Waals surface area contributed by atoms with E-state index in [2.05, 4.69) is 0 Å². The summed E-state index contributed by atoms with van der Waals surface area (Å²) >= 11 is 0. The molecule has 0 atom stereocenters. The van der Waals surface area contributed by atoms with Gasteiger partial charge >= 0.3 is 0 Å². The Morgan fingerprint density at radius 3 is 2.08 bits per heavy atom. The summed E-state index contributed by atoms with van der Waals surface area (Å²) in [4.78, 5) is 0. The van der Waals surface area contributed by atoms with Gasteiger partial charge in [0.15, 0.2) is 0 Å². The van der Waals surface area contributed by atoms with Gasteiger partial charge < -0.3 is 5.11 Å². The summed E-state index contributed by atoms with van der Waals surface area (Å²) in [5.41, 5.74) is 0. The van der Waals surface area contributed by atoms with Crippen molar-refractivity contribution in [2.24, 2.45) is 0 Å². The van der Waals surface area contributed by atoms with Gasteiger partial charge in [-0.2, -0.15) is 0 Å². The van der Waals surface area contributed by atoms with Crippen LogP contribution in [0.2, 0.25) is 0 Å². The van der Waals surface area contributed by atoms with Crippen molar-refractivity contribution in [2.75, 3.05) is 13.3 Å². The van der Waals surface area contributed by atoms with Crippen LogP contribution in [0.3, 0.4) is 0 Å². The van der Waals surface area contributed by atoms with Crippen molar-refractivity contribution in [1.82, 2.24) is 4.31 Å². The number of aliphatic hydroxyl groups excluding tert-OH is 1. The molecule has 78 valence electrons. The minimum atomic E-state index is -3.07. The monoisotopic (exact) mass is 207 g/mol. The Balaban J connectivity index is 2.55. The summed E-state index contributed by atoms with van der Waals surface area (Å²) in [5, 5.41) is 9.24. The Morgan fingerprint density at radius 2 is 1.69 bits per heavy atom. The third-order valence-electron chi connectivity index (χ3n) is 2.70. The van der Waals surface area contributed by atoms with Crippen LogP contribution < -0.4 is 0 Å². The first-order valence-electron chi connectivity index (χ1n) is 4.52. The van der Waals surface area contributed by atoms with E-state index in [9.17, 15) is 13.5 Å². The fourth-order valence-electron chi connectivity index (χ4n) is 1.69. The van der Waals surface area contributed by atoms with E-state index in [0.717, 1.165) is 12.8 Å². The lowest BCUT2D eigenvalue weighted by atomic mass is 9.93. The molecule has 0 amide bonds. The molecule has 1 rings (SSSR count). The fraction of sp³-hybridized carbons (Fsp3) is 1.00. The van der Waals surface area contributed by atoms with Crippen LogP contribution >= 0.6 is 0 Å². The van der Waals surface area contributed by atoms with Crippen molar-refractivity contribution < 1.29 is 13.5 Å². The Kier molecular flexibility index (Phi) is 3.32. The second-order valence-corrected chi connectivity index (χ2v) is 5.78. The SMILES string of the molecule is CN(C1CCC(O)CC1)S(C)(=O)=O. The van der Waals surface area contributed by atoms with E-state index in [1.807, 2.05) is 0 Å². The van der Waals surface area contributed by atoms with E-state index in [0.29, 0.717) is 12.8 Å². The Hall–Kier alpha value is -0.130. The summed E-state index contributed by atoms with van der Waals surface area (Å²) in [5.74, 6) is 0. The van der Waals surface area contributed by atoms with Gasteiger partial charge in [-0.3, -0.25) is 0 Å². The quantitative estimate of drug-likeness (QED) is 0.703. The zero-order chi connectivity index (χ0) is 10.1. The highest BCUT2D eigenvalue weighted by molar-refractivity contribution is 7.88. The topological polar surface area (TPSA) is 57.6 Å². The van der Waals surface area contributed by atoms with E-state index >= 15 is 0 Å². The first kappa shape index (κ1) is 10.9. The highest BCUT2D eigenvalue weighted by atomic mass is 32.2. The van der Waals surface area contributed by atoms with Crippen molar-refractivity contribution >= 4 is 10.0 Å². The largest absolute Gasteiger partial charge is 0.393 e. The number of aliphatic hydroxyl groups is 1. The van der Waals surface area contributed by atoms with E-state index in [1.165, 1.54) is 10.6 Å². The molecule has 1 N–H and O–H groups in total. The molecule has 4 nitrogen and oxygen atoms in total. The molecule has 5 heteroatoms. The molecular weight excluding hydrogens is 190 g/mol. The molecule has 0 radical (unpaired) electrons. The predicted molar refractivity (Wildman–Crippen MR) is 50.9 cm³/mol. The van der Waals surface area contributed by atoms with Gasteiger partial charge in [0, 0.05) is 13.1 Å². The van der Waals surface area contributed by atoms with Gasteiger partial charge in [0.1, 0.15) is 0 Å². The number of rotatable bonds is 2. The molecule has 1 fully saturated rings. The summed E-state index contributed by atoms with van der Waals surface area (Å²) in [6, 6.07) is 0.0819. The number of hydrogen-bond acceptors (Lipinski definition) is 3. The normalized spacial score (nSPS) is 30.8. The van der Waals surface area contributed by atoms with Crippen molar-refractivity contribution in [2.45, 2.75) is 37.8 Å². The van der Waals surface area contributed by atoms with Crippen molar-refractivity contribution in [3.8, 4) is 0 Å². The maximum atomic E-state index is 11.2. The zero-order valence-corrected chi connectivity index (χ0v) is 8.92. The van der Waals surface area contributed by atoms with Crippen LogP contribution in [-0.4, -0.2) is 43.3 Å². The second-order valence-electron chi connectivity index (χ2n) is 3.74. The smallest absolute Gasteiger partial charge is 0.211 e. The van der Waals surface area contributed by atoms with Gasteiger partial charge in [0.25, 0.3) is 0 Å². The van der Waals surface area contributed by atoms with Crippen molar-refractivity contribution in [1.29, 1.82) is 0 Å². The van der Waals surface area contributed by atoms with E-state index in [-0.39, 0.29) is 12.1 Å². The average molecular weight is 207 g/mol. The van der Waals surface area contributed by atoms with Crippen LogP contribution in [0.1, 0.15) is 25.7 Å². The molecular formula is C8H17NO3S. The molecule has 0 unspecified atom stereocenters. The standard InChI is InChI=1S/C8H17NO3S/c1-9(13(2,11)12)7-3-5-8(10)6-4-7/h7-8,10H,3-6H2,1-2H3. The summed E-state index contributed by atoms with van der Waals surface area (Å²) in [6.07, 6.45) is 3.95. The van der Waals surface area contributed by atoms with Crippen LogP contribution in [0, 0.1) is 0 Å².